The van der Waals surface area contributed by atoms with Gasteiger partial charge in [-0.15, -0.1) is 0 Å². The van der Waals surface area contributed by atoms with Gasteiger partial charge in [0.25, 0.3) is 11.5 Å². The van der Waals surface area contributed by atoms with Crippen LogP contribution < -0.4 is 16.6 Å². The molecule has 0 aliphatic rings. The summed E-state index contributed by atoms with van der Waals surface area (Å²) < 4.78 is 0. The van der Waals surface area contributed by atoms with Gasteiger partial charge in [-0.2, -0.15) is 0 Å². The molecule has 0 aliphatic carbocycles. The van der Waals surface area contributed by atoms with Gasteiger partial charge in [-0.3, -0.25) is 14.6 Å². The van der Waals surface area contributed by atoms with E-state index in [1.165, 1.54) is 0 Å². The van der Waals surface area contributed by atoms with Crippen LogP contribution in [0.25, 0.3) is 0 Å². The third-order valence-electron chi connectivity index (χ3n) is 2.51. The molecule has 0 atom stereocenters. The summed E-state index contributed by atoms with van der Waals surface area (Å²) in [5.74, 6) is -0.622. The van der Waals surface area contributed by atoms with Crippen molar-refractivity contribution >= 4 is 23.2 Å². The number of carbonyl (C=O) groups is 1. The second-order valence-corrected chi connectivity index (χ2v) is 4.34. The maximum atomic E-state index is 11.9. The lowest BCUT2D eigenvalue weighted by Crippen LogP contribution is -2.29. The highest BCUT2D eigenvalue weighted by Gasteiger charge is 2.12. The first-order valence-electron chi connectivity index (χ1n) is 5.37. The molecule has 2 rings (SSSR count). The van der Waals surface area contributed by atoms with Crippen molar-refractivity contribution < 1.29 is 4.79 Å². The summed E-state index contributed by atoms with van der Waals surface area (Å²) >= 11 is 5.83. The van der Waals surface area contributed by atoms with Crippen LogP contribution in [-0.2, 0) is 0 Å². The zero-order valence-electron chi connectivity index (χ0n) is 9.91. The maximum absolute atomic E-state index is 11.9. The molecular weight excluding hydrogens is 270 g/mol. The van der Waals surface area contributed by atoms with E-state index >= 15 is 0 Å². The molecule has 1 amide bonds. The van der Waals surface area contributed by atoms with Gasteiger partial charge < -0.3 is 10.3 Å². The lowest BCUT2D eigenvalue weighted by atomic mass is 10.2. The summed E-state index contributed by atoms with van der Waals surface area (Å²) in [5, 5.41) is 3.03. The Bertz CT molecular complexity index is 748. The van der Waals surface area contributed by atoms with E-state index in [9.17, 15) is 14.4 Å². The predicted octanol–water partition coefficient (Wildman–Crippen LogP) is 1.28. The number of halogens is 1. The first-order valence-corrected chi connectivity index (χ1v) is 5.74. The molecule has 0 fully saturated rings. The van der Waals surface area contributed by atoms with E-state index in [1.807, 2.05) is 4.98 Å². The van der Waals surface area contributed by atoms with Crippen molar-refractivity contribution in [3.05, 3.63) is 61.4 Å². The average Bonchev–Trinajstić information content (AvgIpc) is 2.33. The molecular formula is C12H10ClN3O3. The van der Waals surface area contributed by atoms with Crippen LogP contribution >= 0.6 is 11.6 Å². The molecule has 0 unspecified atom stereocenters. The Kier molecular flexibility index (Phi) is 3.52. The molecule has 1 aromatic carbocycles. The highest BCUT2D eigenvalue weighted by Crippen LogP contribution is 2.20. The van der Waals surface area contributed by atoms with Crippen LogP contribution in [0.1, 0.15) is 15.9 Å². The highest BCUT2D eigenvalue weighted by atomic mass is 35.5. The molecule has 1 heterocycles. The van der Waals surface area contributed by atoms with E-state index in [2.05, 4.69) is 10.3 Å². The Morgan fingerprint density at radius 2 is 2.05 bits per heavy atom. The predicted molar refractivity (Wildman–Crippen MR) is 71.8 cm³/mol. The average molecular weight is 280 g/mol. The third kappa shape index (κ3) is 2.92. The number of aromatic nitrogens is 2. The summed E-state index contributed by atoms with van der Waals surface area (Å²) in [6.45, 7) is 1.79. The molecule has 3 N–H and O–H groups in total. The van der Waals surface area contributed by atoms with E-state index in [0.29, 0.717) is 10.7 Å². The number of H-pyrrole nitrogens is 2. The molecule has 0 saturated carbocycles. The Balaban J connectivity index is 2.33. The summed E-state index contributed by atoms with van der Waals surface area (Å²) in [4.78, 5) is 38.4. The van der Waals surface area contributed by atoms with Crippen LogP contribution in [0.15, 0.2) is 34.0 Å². The summed E-state index contributed by atoms with van der Waals surface area (Å²) in [6.07, 6.45) is 1.07. The van der Waals surface area contributed by atoms with Gasteiger partial charge >= 0.3 is 5.69 Å². The van der Waals surface area contributed by atoms with Crippen LogP contribution in [-0.4, -0.2) is 15.9 Å². The zero-order chi connectivity index (χ0) is 14.0. The Hall–Kier alpha value is -2.34. The van der Waals surface area contributed by atoms with E-state index < -0.39 is 17.2 Å². The summed E-state index contributed by atoms with van der Waals surface area (Å²) in [6, 6.07) is 5.02. The standard InChI is InChI=1S/C12H10ClN3O3/c1-6-2-3-7(13)4-9(6)15-10(17)8-5-14-12(19)16-11(8)18/h2-5H,1H3,(H,15,17)(H2,14,16,18,19). The minimum Gasteiger partial charge on any atom is -0.321 e. The van der Waals surface area contributed by atoms with Crippen molar-refractivity contribution in [2.45, 2.75) is 6.92 Å². The van der Waals surface area contributed by atoms with Gasteiger partial charge in [0, 0.05) is 16.9 Å². The van der Waals surface area contributed by atoms with Gasteiger partial charge in [0.1, 0.15) is 5.56 Å². The second kappa shape index (κ2) is 5.11. The number of amides is 1. The van der Waals surface area contributed by atoms with Gasteiger partial charge in [-0.1, -0.05) is 17.7 Å². The molecule has 98 valence electrons. The van der Waals surface area contributed by atoms with Crippen LogP contribution in [0.4, 0.5) is 5.69 Å². The number of rotatable bonds is 2. The molecule has 0 saturated heterocycles. The quantitative estimate of drug-likeness (QED) is 0.773. The Morgan fingerprint density at radius 3 is 2.74 bits per heavy atom. The maximum Gasteiger partial charge on any atom is 0.325 e. The number of hydrogen-bond donors (Lipinski definition) is 3. The SMILES string of the molecule is Cc1ccc(Cl)cc1NC(=O)c1c[nH]c(=O)[nH]c1=O. The van der Waals surface area contributed by atoms with Gasteiger partial charge in [-0.25, -0.2) is 4.79 Å². The minimum absolute atomic E-state index is 0.182. The van der Waals surface area contributed by atoms with Crippen molar-refractivity contribution in [1.29, 1.82) is 0 Å². The number of hydrogen-bond acceptors (Lipinski definition) is 3. The minimum atomic E-state index is -0.749. The lowest BCUT2D eigenvalue weighted by molar-refractivity contribution is 0.102. The number of benzene rings is 1. The molecule has 0 aliphatic heterocycles. The molecule has 19 heavy (non-hydrogen) atoms. The first-order chi connectivity index (χ1) is 8.97. The molecule has 2 aromatic rings. The van der Waals surface area contributed by atoms with Gasteiger partial charge in [0.05, 0.1) is 0 Å². The monoisotopic (exact) mass is 279 g/mol. The fraction of sp³-hybridized carbons (Fsp3) is 0.0833. The fourth-order valence-electron chi connectivity index (χ4n) is 1.50. The normalized spacial score (nSPS) is 10.2. The molecule has 6 nitrogen and oxygen atoms in total. The van der Waals surface area contributed by atoms with Crippen molar-refractivity contribution in [1.82, 2.24) is 9.97 Å². The Morgan fingerprint density at radius 1 is 1.32 bits per heavy atom. The van der Waals surface area contributed by atoms with Crippen molar-refractivity contribution in [3.63, 3.8) is 0 Å². The van der Waals surface area contributed by atoms with Crippen molar-refractivity contribution in [3.8, 4) is 0 Å². The third-order valence-corrected chi connectivity index (χ3v) is 2.75. The molecule has 0 bridgehead atoms. The van der Waals surface area contributed by atoms with Gasteiger partial charge in [0.2, 0.25) is 0 Å². The van der Waals surface area contributed by atoms with Crippen LogP contribution in [0.3, 0.4) is 0 Å². The Labute approximate surface area is 112 Å². The summed E-state index contributed by atoms with van der Waals surface area (Å²) in [5.41, 5.74) is -0.290. The fourth-order valence-corrected chi connectivity index (χ4v) is 1.67. The highest BCUT2D eigenvalue weighted by molar-refractivity contribution is 6.31. The molecule has 7 heteroatoms. The largest absolute Gasteiger partial charge is 0.325 e. The summed E-state index contributed by atoms with van der Waals surface area (Å²) in [7, 11) is 0. The number of aromatic amines is 2. The van der Waals surface area contributed by atoms with E-state index in [-0.39, 0.29) is 5.56 Å². The lowest BCUT2D eigenvalue weighted by Gasteiger charge is -2.08. The van der Waals surface area contributed by atoms with Crippen molar-refractivity contribution in [2.24, 2.45) is 0 Å². The molecule has 0 spiro atoms. The van der Waals surface area contributed by atoms with Crippen molar-refractivity contribution in [2.75, 3.05) is 5.32 Å². The van der Waals surface area contributed by atoms with Crippen LogP contribution in [0.5, 0.6) is 0 Å². The number of nitrogens with one attached hydrogen (secondary N) is 3. The van der Waals surface area contributed by atoms with E-state index in [4.69, 9.17) is 11.6 Å². The van der Waals surface area contributed by atoms with Gasteiger partial charge in [0.15, 0.2) is 0 Å². The molecule has 0 radical (unpaired) electrons. The van der Waals surface area contributed by atoms with Crippen LogP contribution in [0, 0.1) is 6.92 Å². The van der Waals surface area contributed by atoms with Gasteiger partial charge in [-0.05, 0) is 24.6 Å². The topological polar surface area (TPSA) is 94.8 Å². The number of carbonyl (C=O) groups excluding carboxylic acids is 1. The second-order valence-electron chi connectivity index (χ2n) is 3.90. The van der Waals surface area contributed by atoms with E-state index in [1.54, 1.807) is 25.1 Å². The number of aryl methyl sites for hydroxylation is 1. The smallest absolute Gasteiger partial charge is 0.321 e. The first kappa shape index (κ1) is 13.1. The van der Waals surface area contributed by atoms with E-state index in [0.717, 1.165) is 11.8 Å². The molecule has 1 aromatic heterocycles. The van der Waals surface area contributed by atoms with Crippen LogP contribution in [0.2, 0.25) is 5.02 Å². The zero-order valence-corrected chi connectivity index (χ0v) is 10.7. The number of anilines is 1.